The van der Waals surface area contributed by atoms with Crippen molar-refractivity contribution in [3.8, 4) is 0 Å². The van der Waals surface area contributed by atoms with Crippen molar-refractivity contribution in [3.63, 3.8) is 0 Å². The third kappa shape index (κ3) is 3.73. The SMILES string of the molecule is CCOC(=O)C1C(C)C(C)C(C)N1C(=O)Cc1c(C)cc(C)cc1C. The molecular weight excluding hydrogens is 314 g/mol. The Morgan fingerprint density at radius 3 is 2.12 bits per heavy atom. The van der Waals surface area contributed by atoms with Crippen LogP contribution in [0.2, 0.25) is 0 Å². The summed E-state index contributed by atoms with van der Waals surface area (Å²) >= 11 is 0. The van der Waals surface area contributed by atoms with Crippen molar-refractivity contribution in [2.24, 2.45) is 11.8 Å². The van der Waals surface area contributed by atoms with E-state index in [1.807, 2.05) is 27.7 Å². The van der Waals surface area contributed by atoms with Gasteiger partial charge in [-0.05, 0) is 63.1 Å². The Morgan fingerprint density at radius 1 is 1.04 bits per heavy atom. The molecule has 0 radical (unpaired) electrons. The summed E-state index contributed by atoms with van der Waals surface area (Å²) in [6.07, 6.45) is 0.331. The molecule has 0 saturated carbocycles. The maximum absolute atomic E-state index is 13.1. The van der Waals surface area contributed by atoms with E-state index in [1.165, 1.54) is 5.56 Å². The molecule has 1 aromatic carbocycles. The number of esters is 1. The molecule has 0 N–H and O–H groups in total. The molecule has 4 nitrogen and oxygen atoms in total. The fraction of sp³-hybridized carbons (Fsp3) is 0.619. The largest absolute Gasteiger partial charge is 0.464 e. The second kappa shape index (κ2) is 7.59. The quantitative estimate of drug-likeness (QED) is 0.784. The van der Waals surface area contributed by atoms with Crippen LogP contribution in [0.4, 0.5) is 0 Å². The van der Waals surface area contributed by atoms with E-state index >= 15 is 0 Å². The Morgan fingerprint density at radius 2 is 1.60 bits per heavy atom. The van der Waals surface area contributed by atoms with Gasteiger partial charge in [-0.1, -0.05) is 31.5 Å². The Bertz CT molecular complexity index is 644. The molecule has 1 fully saturated rings. The lowest BCUT2D eigenvalue weighted by Gasteiger charge is -2.29. The van der Waals surface area contributed by atoms with Gasteiger partial charge in [-0.2, -0.15) is 0 Å². The van der Waals surface area contributed by atoms with E-state index in [9.17, 15) is 9.59 Å². The van der Waals surface area contributed by atoms with Crippen LogP contribution in [0.15, 0.2) is 12.1 Å². The number of carbonyl (C=O) groups excluding carboxylic acids is 2. The average Bonchev–Trinajstić information content (AvgIpc) is 2.75. The van der Waals surface area contributed by atoms with Gasteiger partial charge in [0, 0.05) is 6.04 Å². The molecule has 1 heterocycles. The number of rotatable bonds is 4. The van der Waals surface area contributed by atoms with Gasteiger partial charge in [0.1, 0.15) is 6.04 Å². The summed E-state index contributed by atoms with van der Waals surface area (Å²) in [4.78, 5) is 27.4. The van der Waals surface area contributed by atoms with Gasteiger partial charge < -0.3 is 9.64 Å². The molecule has 1 aromatic rings. The van der Waals surface area contributed by atoms with Gasteiger partial charge in [-0.3, -0.25) is 4.79 Å². The second-order valence-electron chi connectivity index (χ2n) is 7.51. The number of ether oxygens (including phenoxy) is 1. The molecule has 0 aromatic heterocycles. The summed E-state index contributed by atoms with van der Waals surface area (Å²) in [6, 6.07) is 3.76. The molecular formula is C21H31NO3. The van der Waals surface area contributed by atoms with Gasteiger partial charge in [0.15, 0.2) is 0 Å². The zero-order valence-electron chi connectivity index (χ0n) is 16.6. The molecule has 4 unspecified atom stereocenters. The molecule has 25 heavy (non-hydrogen) atoms. The van der Waals surface area contributed by atoms with Gasteiger partial charge >= 0.3 is 5.97 Å². The first-order valence-corrected chi connectivity index (χ1v) is 9.23. The summed E-state index contributed by atoms with van der Waals surface area (Å²) in [5.41, 5.74) is 4.53. The van der Waals surface area contributed by atoms with Crippen LogP contribution in [-0.2, 0) is 20.7 Å². The Hall–Kier alpha value is -1.84. The third-order valence-corrected chi connectivity index (χ3v) is 5.81. The summed E-state index contributed by atoms with van der Waals surface area (Å²) in [5.74, 6) is 0.0884. The van der Waals surface area contributed by atoms with Crippen LogP contribution in [-0.4, -0.2) is 35.5 Å². The van der Waals surface area contributed by atoms with Crippen LogP contribution < -0.4 is 0 Å². The standard InChI is InChI=1S/C21H31NO3/c1-8-25-21(24)20-16(6)15(5)17(7)22(20)19(23)11-18-13(3)9-12(2)10-14(18)4/h9-10,15-17,20H,8,11H2,1-7H3. The number of aryl methyl sites for hydroxylation is 3. The van der Waals surface area contributed by atoms with Crippen molar-refractivity contribution in [3.05, 3.63) is 34.4 Å². The van der Waals surface area contributed by atoms with Crippen molar-refractivity contribution < 1.29 is 14.3 Å². The molecule has 4 heteroatoms. The zero-order chi connectivity index (χ0) is 18.9. The number of amides is 1. The first-order chi connectivity index (χ1) is 11.7. The fourth-order valence-electron chi connectivity index (χ4n) is 4.16. The van der Waals surface area contributed by atoms with E-state index < -0.39 is 6.04 Å². The zero-order valence-corrected chi connectivity index (χ0v) is 16.6. The first-order valence-electron chi connectivity index (χ1n) is 9.23. The Balaban J connectivity index is 2.31. The van der Waals surface area contributed by atoms with Crippen LogP contribution in [0.25, 0.3) is 0 Å². The van der Waals surface area contributed by atoms with Gasteiger partial charge in [0.2, 0.25) is 5.91 Å². The van der Waals surface area contributed by atoms with Gasteiger partial charge in [-0.25, -0.2) is 4.79 Å². The van der Waals surface area contributed by atoms with Crippen molar-refractivity contribution in [1.29, 1.82) is 0 Å². The molecule has 0 spiro atoms. The molecule has 1 amide bonds. The van der Waals surface area contributed by atoms with Crippen molar-refractivity contribution in [2.75, 3.05) is 6.61 Å². The number of benzene rings is 1. The lowest BCUT2D eigenvalue weighted by molar-refractivity contribution is -0.155. The minimum absolute atomic E-state index is 0.0109. The molecule has 0 bridgehead atoms. The topological polar surface area (TPSA) is 46.6 Å². The minimum atomic E-state index is -0.483. The fourth-order valence-corrected chi connectivity index (χ4v) is 4.16. The van der Waals surface area contributed by atoms with E-state index in [2.05, 4.69) is 26.0 Å². The first kappa shape index (κ1) is 19.5. The monoisotopic (exact) mass is 345 g/mol. The van der Waals surface area contributed by atoms with E-state index in [1.54, 1.807) is 11.8 Å². The maximum Gasteiger partial charge on any atom is 0.329 e. The summed E-state index contributed by atoms with van der Waals surface area (Å²) < 4.78 is 5.25. The Kier molecular flexibility index (Phi) is 5.91. The van der Waals surface area contributed by atoms with Gasteiger partial charge in [-0.15, -0.1) is 0 Å². The van der Waals surface area contributed by atoms with Gasteiger partial charge in [0.05, 0.1) is 13.0 Å². The van der Waals surface area contributed by atoms with Crippen LogP contribution in [0, 0.1) is 32.6 Å². The lowest BCUT2D eigenvalue weighted by atomic mass is 9.91. The minimum Gasteiger partial charge on any atom is -0.464 e. The van der Waals surface area contributed by atoms with Crippen molar-refractivity contribution in [1.82, 2.24) is 4.90 Å². The highest BCUT2D eigenvalue weighted by Gasteiger charge is 2.48. The number of nitrogens with zero attached hydrogens (tertiary/aromatic N) is 1. The molecule has 0 aliphatic carbocycles. The van der Waals surface area contributed by atoms with E-state index in [4.69, 9.17) is 4.74 Å². The smallest absolute Gasteiger partial charge is 0.329 e. The van der Waals surface area contributed by atoms with Crippen molar-refractivity contribution >= 4 is 11.9 Å². The molecule has 138 valence electrons. The summed E-state index contributed by atoms with van der Waals surface area (Å²) in [5, 5.41) is 0. The highest BCUT2D eigenvalue weighted by molar-refractivity contribution is 5.87. The normalized spacial score (nSPS) is 26.0. The third-order valence-electron chi connectivity index (χ3n) is 5.81. The van der Waals surface area contributed by atoms with Crippen LogP contribution in [0.1, 0.15) is 49.9 Å². The highest BCUT2D eigenvalue weighted by atomic mass is 16.5. The van der Waals surface area contributed by atoms with Crippen molar-refractivity contribution in [2.45, 2.75) is 67.0 Å². The maximum atomic E-state index is 13.1. The predicted octanol–water partition coefficient (Wildman–Crippen LogP) is 3.59. The van der Waals surface area contributed by atoms with Crippen LogP contribution >= 0.6 is 0 Å². The number of hydrogen-bond donors (Lipinski definition) is 0. The number of likely N-dealkylation sites (tertiary alicyclic amines) is 1. The molecule has 1 saturated heterocycles. The number of carbonyl (C=O) groups is 2. The van der Waals surface area contributed by atoms with Crippen LogP contribution in [0.5, 0.6) is 0 Å². The highest BCUT2D eigenvalue weighted by Crippen LogP contribution is 2.36. The summed E-state index contributed by atoms with van der Waals surface area (Å²) in [6.45, 7) is 14.5. The Labute approximate surface area is 151 Å². The van der Waals surface area contributed by atoms with Crippen LogP contribution in [0.3, 0.4) is 0 Å². The summed E-state index contributed by atoms with van der Waals surface area (Å²) in [7, 11) is 0. The van der Waals surface area contributed by atoms with Gasteiger partial charge in [0.25, 0.3) is 0 Å². The molecule has 4 atom stereocenters. The molecule has 1 aliphatic heterocycles. The molecule has 1 aliphatic rings. The average molecular weight is 345 g/mol. The van der Waals surface area contributed by atoms with E-state index in [0.717, 1.165) is 16.7 Å². The lowest BCUT2D eigenvalue weighted by Crippen LogP contribution is -2.47. The predicted molar refractivity (Wildman–Crippen MR) is 99.4 cm³/mol. The van der Waals surface area contributed by atoms with E-state index in [-0.39, 0.29) is 29.8 Å². The number of hydrogen-bond acceptors (Lipinski definition) is 3. The molecule has 2 rings (SSSR count). The second-order valence-corrected chi connectivity index (χ2v) is 7.51. The van der Waals surface area contributed by atoms with E-state index in [0.29, 0.717) is 13.0 Å².